The van der Waals surface area contributed by atoms with Crippen LogP contribution in [0.15, 0.2) is 64.5 Å². The number of thioether (sulfide) groups is 1. The van der Waals surface area contributed by atoms with Crippen molar-refractivity contribution in [2.75, 3.05) is 12.8 Å². The van der Waals surface area contributed by atoms with Gasteiger partial charge in [0.1, 0.15) is 0 Å². The van der Waals surface area contributed by atoms with Gasteiger partial charge < -0.3 is 4.90 Å². The Bertz CT molecular complexity index is 1280. The first kappa shape index (κ1) is 22.1. The summed E-state index contributed by atoms with van der Waals surface area (Å²) in [6.07, 6.45) is 3.02. The van der Waals surface area contributed by atoms with E-state index >= 15 is 0 Å². The average molecular weight is 450 g/mol. The lowest BCUT2D eigenvalue weighted by Crippen LogP contribution is -2.27. The molecule has 0 radical (unpaired) electrons. The van der Waals surface area contributed by atoms with E-state index in [-0.39, 0.29) is 17.2 Å². The van der Waals surface area contributed by atoms with Crippen LogP contribution in [0.5, 0.6) is 0 Å². The molecule has 0 aliphatic rings. The molecule has 4 rings (SSSR count). The number of aryl methyl sites for hydroxylation is 1. The number of hydrogen-bond donors (Lipinski definition) is 0. The molecule has 2 aromatic carbocycles. The Hall–Kier alpha value is -3.13. The number of nitrogens with zero attached hydrogens (tertiary/aromatic N) is 5. The topological polar surface area (TPSA) is 72.5 Å². The standard InChI is InChI=1S/C24H27N5O2S/c1-3-4-10-15-28-22(31)19-13-8-9-14-20(19)29-23(28)25-26-24(29)32-17-21(30)27(2)16-18-11-6-5-7-12-18/h5-9,11-14H,3-4,10,15-17H2,1-2H3. The number of carbonyl (C=O) groups excluding carboxylic acids is 1. The van der Waals surface area contributed by atoms with Crippen molar-refractivity contribution in [1.29, 1.82) is 0 Å². The minimum absolute atomic E-state index is 0.0103. The lowest BCUT2D eigenvalue weighted by molar-refractivity contribution is -0.127. The van der Waals surface area contributed by atoms with Crippen molar-refractivity contribution in [2.24, 2.45) is 0 Å². The zero-order valence-electron chi connectivity index (χ0n) is 18.4. The number of carbonyl (C=O) groups is 1. The maximum atomic E-state index is 13.1. The van der Waals surface area contributed by atoms with Crippen LogP contribution in [-0.2, 0) is 17.9 Å². The van der Waals surface area contributed by atoms with Crippen LogP contribution in [0.25, 0.3) is 16.7 Å². The molecule has 1 amide bonds. The van der Waals surface area contributed by atoms with Gasteiger partial charge in [0.25, 0.3) is 5.56 Å². The average Bonchev–Trinajstić information content (AvgIpc) is 3.24. The molecule has 0 saturated heterocycles. The minimum Gasteiger partial charge on any atom is -0.341 e. The van der Waals surface area contributed by atoms with Crippen molar-refractivity contribution in [3.8, 4) is 0 Å². The van der Waals surface area contributed by atoms with Gasteiger partial charge in [-0.1, -0.05) is 74.0 Å². The lowest BCUT2D eigenvalue weighted by Gasteiger charge is -2.17. The number of hydrogen-bond acceptors (Lipinski definition) is 5. The van der Waals surface area contributed by atoms with Gasteiger partial charge in [-0.05, 0) is 24.1 Å². The molecule has 166 valence electrons. The molecule has 0 fully saturated rings. The second kappa shape index (κ2) is 9.99. The molecule has 0 saturated carbocycles. The molecule has 7 nitrogen and oxygen atoms in total. The third-order valence-electron chi connectivity index (χ3n) is 5.48. The van der Waals surface area contributed by atoms with Gasteiger partial charge in [-0.3, -0.25) is 18.6 Å². The van der Waals surface area contributed by atoms with Gasteiger partial charge in [0.2, 0.25) is 11.7 Å². The summed E-state index contributed by atoms with van der Waals surface area (Å²) in [5.41, 5.74) is 1.80. The minimum atomic E-state index is -0.0492. The molecule has 0 bridgehead atoms. The number of aromatic nitrogens is 4. The third kappa shape index (κ3) is 4.55. The highest BCUT2D eigenvalue weighted by Gasteiger charge is 2.18. The van der Waals surface area contributed by atoms with E-state index in [2.05, 4.69) is 17.1 Å². The monoisotopic (exact) mass is 449 g/mol. The molecule has 0 atom stereocenters. The summed E-state index contributed by atoms with van der Waals surface area (Å²) in [5.74, 6) is 0.779. The van der Waals surface area contributed by atoms with Gasteiger partial charge >= 0.3 is 0 Å². The largest absolute Gasteiger partial charge is 0.341 e. The van der Waals surface area contributed by atoms with E-state index in [4.69, 9.17) is 0 Å². The Kier molecular flexibility index (Phi) is 6.90. The Balaban J connectivity index is 1.60. The number of para-hydroxylation sites is 1. The van der Waals surface area contributed by atoms with Crippen LogP contribution in [0.1, 0.15) is 31.7 Å². The predicted octanol–water partition coefficient (Wildman–Crippen LogP) is 3.99. The maximum absolute atomic E-state index is 13.1. The van der Waals surface area contributed by atoms with Crippen LogP contribution in [0, 0.1) is 0 Å². The second-order valence-electron chi connectivity index (χ2n) is 7.82. The highest BCUT2D eigenvalue weighted by atomic mass is 32.2. The van der Waals surface area contributed by atoms with Crippen molar-refractivity contribution >= 4 is 34.3 Å². The van der Waals surface area contributed by atoms with Crippen molar-refractivity contribution in [3.63, 3.8) is 0 Å². The highest BCUT2D eigenvalue weighted by molar-refractivity contribution is 7.99. The van der Waals surface area contributed by atoms with Crippen LogP contribution < -0.4 is 5.56 Å². The number of fused-ring (bicyclic) bond motifs is 3. The summed E-state index contributed by atoms with van der Waals surface area (Å²) in [5, 5.41) is 9.91. The zero-order valence-corrected chi connectivity index (χ0v) is 19.2. The van der Waals surface area contributed by atoms with Gasteiger partial charge in [-0.15, -0.1) is 10.2 Å². The molecule has 0 N–H and O–H groups in total. The predicted molar refractivity (Wildman–Crippen MR) is 128 cm³/mol. The van der Waals surface area contributed by atoms with Crippen LogP contribution in [-0.4, -0.2) is 42.8 Å². The van der Waals surface area contributed by atoms with E-state index in [0.29, 0.717) is 29.4 Å². The van der Waals surface area contributed by atoms with Gasteiger partial charge in [0.15, 0.2) is 5.16 Å². The summed E-state index contributed by atoms with van der Waals surface area (Å²) < 4.78 is 3.61. The van der Waals surface area contributed by atoms with E-state index in [1.54, 1.807) is 16.5 Å². The number of benzene rings is 2. The molecule has 0 aliphatic heterocycles. The Morgan fingerprint density at radius 3 is 2.56 bits per heavy atom. The number of rotatable bonds is 9. The third-order valence-corrected chi connectivity index (χ3v) is 6.39. The van der Waals surface area contributed by atoms with Gasteiger partial charge in [-0.2, -0.15) is 0 Å². The summed E-state index contributed by atoms with van der Waals surface area (Å²) in [6, 6.07) is 17.4. The first-order valence-corrected chi connectivity index (χ1v) is 11.9. The number of amides is 1. The van der Waals surface area contributed by atoms with E-state index < -0.39 is 0 Å². The molecule has 0 spiro atoms. The first-order chi connectivity index (χ1) is 15.6. The van der Waals surface area contributed by atoms with Gasteiger partial charge in [0, 0.05) is 20.1 Å². The first-order valence-electron chi connectivity index (χ1n) is 10.9. The molecule has 2 aromatic heterocycles. The van der Waals surface area contributed by atoms with Crippen molar-refractivity contribution in [2.45, 2.75) is 44.4 Å². The van der Waals surface area contributed by atoms with Gasteiger partial charge in [-0.25, -0.2) is 0 Å². The molecule has 8 heteroatoms. The summed E-state index contributed by atoms with van der Waals surface area (Å²) >= 11 is 1.34. The molecule has 2 heterocycles. The molecule has 4 aromatic rings. The second-order valence-corrected chi connectivity index (χ2v) is 8.77. The van der Waals surface area contributed by atoms with E-state index in [1.807, 2.05) is 59.0 Å². The van der Waals surface area contributed by atoms with E-state index in [9.17, 15) is 9.59 Å². The molecule has 0 aliphatic carbocycles. The van der Waals surface area contributed by atoms with Gasteiger partial charge in [0.05, 0.1) is 16.7 Å². The summed E-state index contributed by atoms with van der Waals surface area (Å²) in [4.78, 5) is 27.5. The van der Waals surface area contributed by atoms with Crippen LogP contribution in [0.4, 0.5) is 0 Å². The molecular formula is C24H27N5O2S. The fourth-order valence-corrected chi connectivity index (χ4v) is 4.61. The summed E-state index contributed by atoms with van der Waals surface area (Å²) in [7, 11) is 1.80. The van der Waals surface area contributed by atoms with Crippen LogP contribution in [0.2, 0.25) is 0 Å². The quantitative estimate of drug-likeness (QED) is 0.285. The van der Waals surface area contributed by atoms with Crippen molar-refractivity contribution < 1.29 is 4.79 Å². The van der Waals surface area contributed by atoms with E-state index in [0.717, 1.165) is 30.3 Å². The van der Waals surface area contributed by atoms with Crippen molar-refractivity contribution in [3.05, 3.63) is 70.5 Å². The Morgan fingerprint density at radius 1 is 1.03 bits per heavy atom. The Labute approximate surface area is 191 Å². The highest BCUT2D eigenvalue weighted by Crippen LogP contribution is 2.22. The molecule has 0 unspecified atom stereocenters. The zero-order chi connectivity index (χ0) is 22.5. The number of unbranched alkanes of at least 4 members (excludes halogenated alkanes) is 2. The molecule has 32 heavy (non-hydrogen) atoms. The van der Waals surface area contributed by atoms with Crippen molar-refractivity contribution in [1.82, 2.24) is 24.1 Å². The van der Waals surface area contributed by atoms with E-state index in [1.165, 1.54) is 11.8 Å². The smallest absolute Gasteiger partial charge is 0.262 e. The SMILES string of the molecule is CCCCCn1c(=O)c2ccccc2n2c(SCC(=O)N(C)Cc3ccccc3)nnc12. The fourth-order valence-electron chi connectivity index (χ4n) is 3.73. The Morgan fingerprint density at radius 2 is 1.78 bits per heavy atom. The normalized spacial score (nSPS) is 11.3. The summed E-state index contributed by atoms with van der Waals surface area (Å²) in [6.45, 7) is 3.29. The van der Waals surface area contributed by atoms with Crippen LogP contribution in [0.3, 0.4) is 0 Å². The maximum Gasteiger partial charge on any atom is 0.262 e. The fraction of sp³-hybridized carbons (Fsp3) is 0.333. The lowest BCUT2D eigenvalue weighted by atomic mass is 10.2. The van der Waals surface area contributed by atoms with Crippen LogP contribution >= 0.6 is 11.8 Å². The molecular weight excluding hydrogens is 422 g/mol.